The Morgan fingerprint density at radius 2 is 2.11 bits per heavy atom. The van der Waals surface area contributed by atoms with Gasteiger partial charge >= 0.3 is 0 Å². The van der Waals surface area contributed by atoms with Crippen LogP contribution in [0.5, 0.6) is 0 Å². The number of hydrogen-bond acceptors (Lipinski definition) is 1. The van der Waals surface area contributed by atoms with Crippen molar-refractivity contribution in [3.8, 4) is 0 Å². The van der Waals surface area contributed by atoms with Gasteiger partial charge in [0.15, 0.2) is 0 Å². The SMILES string of the molecule is CCCC1(CC)CCO1. The molecule has 0 aliphatic carbocycles. The molecule has 1 fully saturated rings. The Morgan fingerprint density at radius 3 is 2.22 bits per heavy atom. The van der Waals surface area contributed by atoms with E-state index in [0.717, 1.165) is 6.61 Å². The number of ether oxygens (including phenoxy) is 1. The first-order valence-electron chi connectivity index (χ1n) is 3.97. The summed E-state index contributed by atoms with van der Waals surface area (Å²) in [5.41, 5.74) is 0.314. The summed E-state index contributed by atoms with van der Waals surface area (Å²) in [5, 5.41) is 0. The van der Waals surface area contributed by atoms with Crippen molar-refractivity contribution in [3.05, 3.63) is 0 Å². The second-order valence-electron chi connectivity index (χ2n) is 2.89. The molecule has 0 aromatic heterocycles. The Morgan fingerprint density at radius 1 is 1.44 bits per heavy atom. The Kier molecular flexibility index (Phi) is 2.12. The Hall–Kier alpha value is -0.0400. The van der Waals surface area contributed by atoms with E-state index in [9.17, 15) is 0 Å². The molecule has 1 atom stereocenters. The first kappa shape index (κ1) is 7.07. The van der Waals surface area contributed by atoms with Crippen molar-refractivity contribution in [1.82, 2.24) is 0 Å². The zero-order valence-corrected chi connectivity index (χ0v) is 6.44. The molecule has 0 aromatic rings. The third-order valence-corrected chi connectivity index (χ3v) is 2.32. The smallest absolute Gasteiger partial charge is 0.0701 e. The van der Waals surface area contributed by atoms with E-state index in [4.69, 9.17) is 4.74 Å². The lowest BCUT2D eigenvalue weighted by atomic mass is 9.87. The maximum atomic E-state index is 5.51. The van der Waals surface area contributed by atoms with E-state index >= 15 is 0 Å². The quantitative estimate of drug-likeness (QED) is 0.567. The highest BCUT2D eigenvalue weighted by atomic mass is 16.5. The van der Waals surface area contributed by atoms with Crippen LogP contribution in [0, 0.1) is 0 Å². The minimum atomic E-state index is 0.314. The summed E-state index contributed by atoms with van der Waals surface area (Å²) >= 11 is 0. The van der Waals surface area contributed by atoms with Crippen LogP contribution in [0.4, 0.5) is 0 Å². The lowest BCUT2D eigenvalue weighted by Crippen LogP contribution is -2.42. The first-order valence-corrected chi connectivity index (χ1v) is 3.97. The molecule has 1 aliphatic heterocycles. The summed E-state index contributed by atoms with van der Waals surface area (Å²) in [7, 11) is 0. The zero-order chi connectivity index (χ0) is 6.74. The minimum Gasteiger partial charge on any atom is -0.375 e. The molecule has 0 saturated carbocycles. The van der Waals surface area contributed by atoms with Gasteiger partial charge in [0.2, 0.25) is 0 Å². The van der Waals surface area contributed by atoms with E-state index in [1.165, 1.54) is 25.7 Å². The van der Waals surface area contributed by atoms with Crippen molar-refractivity contribution in [1.29, 1.82) is 0 Å². The fraction of sp³-hybridized carbons (Fsp3) is 1.00. The van der Waals surface area contributed by atoms with Gasteiger partial charge in [-0.15, -0.1) is 0 Å². The maximum absolute atomic E-state index is 5.51. The van der Waals surface area contributed by atoms with E-state index < -0.39 is 0 Å². The molecule has 1 unspecified atom stereocenters. The molecule has 9 heavy (non-hydrogen) atoms. The average molecular weight is 128 g/mol. The molecule has 1 aliphatic rings. The second kappa shape index (κ2) is 2.70. The van der Waals surface area contributed by atoms with Crippen LogP contribution in [0.1, 0.15) is 39.5 Å². The minimum absolute atomic E-state index is 0.314. The molecule has 1 heteroatoms. The van der Waals surface area contributed by atoms with E-state index in [-0.39, 0.29) is 0 Å². The van der Waals surface area contributed by atoms with Gasteiger partial charge in [-0.25, -0.2) is 0 Å². The van der Waals surface area contributed by atoms with Gasteiger partial charge < -0.3 is 4.74 Å². The van der Waals surface area contributed by atoms with Crippen LogP contribution in [0.25, 0.3) is 0 Å². The van der Waals surface area contributed by atoms with Crippen molar-refractivity contribution in [2.45, 2.75) is 45.1 Å². The molecule has 54 valence electrons. The van der Waals surface area contributed by atoms with Gasteiger partial charge in [-0.1, -0.05) is 20.3 Å². The summed E-state index contributed by atoms with van der Waals surface area (Å²) in [6.07, 6.45) is 5.00. The highest BCUT2D eigenvalue weighted by Gasteiger charge is 2.34. The van der Waals surface area contributed by atoms with Gasteiger partial charge in [0.25, 0.3) is 0 Å². The van der Waals surface area contributed by atoms with E-state index in [0.29, 0.717) is 5.60 Å². The average Bonchev–Trinajstić information content (AvgIpc) is 1.79. The van der Waals surface area contributed by atoms with Crippen LogP contribution in [0.3, 0.4) is 0 Å². The van der Waals surface area contributed by atoms with E-state index in [1.54, 1.807) is 0 Å². The van der Waals surface area contributed by atoms with Crippen LogP contribution < -0.4 is 0 Å². The van der Waals surface area contributed by atoms with Crippen molar-refractivity contribution in [2.24, 2.45) is 0 Å². The van der Waals surface area contributed by atoms with Crippen LogP contribution in [-0.2, 0) is 4.74 Å². The Labute approximate surface area is 57.4 Å². The first-order chi connectivity index (χ1) is 4.33. The van der Waals surface area contributed by atoms with Crippen LogP contribution in [0.2, 0.25) is 0 Å². The van der Waals surface area contributed by atoms with Gasteiger partial charge in [0.1, 0.15) is 0 Å². The van der Waals surface area contributed by atoms with Gasteiger partial charge in [-0.05, 0) is 19.3 Å². The van der Waals surface area contributed by atoms with Gasteiger partial charge in [-0.3, -0.25) is 0 Å². The van der Waals surface area contributed by atoms with Gasteiger partial charge in [0.05, 0.1) is 12.2 Å². The van der Waals surface area contributed by atoms with Crippen molar-refractivity contribution >= 4 is 0 Å². The molecule has 0 radical (unpaired) electrons. The summed E-state index contributed by atoms with van der Waals surface area (Å²) in [6, 6.07) is 0. The highest BCUT2D eigenvalue weighted by molar-refractivity contribution is 4.85. The molecule has 0 N–H and O–H groups in total. The topological polar surface area (TPSA) is 9.23 Å². The standard InChI is InChI=1S/C8H16O/c1-3-5-8(4-2)6-7-9-8/h3-7H2,1-2H3. The number of hydrogen-bond donors (Lipinski definition) is 0. The maximum Gasteiger partial charge on any atom is 0.0701 e. The Balaban J connectivity index is 2.28. The van der Waals surface area contributed by atoms with Crippen molar-refractivity contribution < 1.29 is 4.74 Å². The lowest BCUT2D eigenvalue weighted by molar-refractivity contribution is -0.153. The molecule has 0 spiro atoms. The lowest BCUT2D eigenvalue weighted by Gasteiger charge is -2.41. The third kappa shape index (κ3) is 1.26. The van der Waals surface area contributed by atoms with Crippen molar-refractivity contribution in [3.63, 3.8) is 0 Å². The second-order valence-corrected chi connectivity index (χ2v) is 2.89. The molecule has 0 bridgehead atoms. The highest BCUT2D eigenvalue weighted by Crippen LogP contribution is 2.33. The molecule has 0 aromatic carbocycles. The predicted molar refractivity (Wildman–Crippen MR) is 38.5 cm³/mol. The molecule has 1 heterocycles. The molecule has 1 nitrogen and oxygen atoms in total. The molecular weight excluding hydrogens is 112 g/mol. The Bertz CT molecular complexity index is 79.1. The van der Waals surface area contributed by atoms with Crippen LogP contribution in [-0.4, -0.2) is 12.2 Å². The van der Waals surface area contributed by atoms with E-state index in [1.807, 2.05) is 0 Å². The zero-order valence-electron chi connectivity index (χ0n) is 6.44. The fourth-order valence-electron chi connectivity index (χ4n) is 1.50. The normalized spacial score (nSPS) is 34.0. The monoisotopic (exact) mass is 128 g/mol. The molecule has 1 saturated heterocycles. The summed E-state index contributed by atoms with van der Waals surface area (Å²) in [5.74, 6) is 0. The van der Waals surface area contributed by atoms with Crippen LogP contribution in [0.15, 0.2) is 0 Å². The molecular formula is C8H16O. The third-order valence-electron chi connectivity index (χ3n) is 2.32. The molecule has 0 amide bonds. The van der Waals surface area contributed by atoms with E-state index in [2.05, 4.69) is 13.8 Å². The van der Waals surface area contributed by atoms with Gasteiger partial charge in [0, 0.05) is 0 Å². The van der Waals surface area contributed by atoms with Crippen molar-refractivity contribution in [2.75, 3.05) is 6.61 Å². The number of rotatable bonds is 3. The summed E-state index contributed by atoms with van der Waals surface area (Å²) in [6.45, 7) is 5.43. The molecule has 1 rings (SSSR count). The van der Waals surface area contributed by atoms with Crippen LogP contribution >= 0.6 is 0 Å². The largest absolute Gasteiger partial charge is 0.375 e. The summed E-state index contributed by atoms with van der Waals surface area (Å²) < 4.78 is 5.51. The summed E-state index contributed by atoms with van der Waals surface area (Å²) in [4.78, 5) is 0. The predicted octanol–water partition coefficient (Wildman–Crippen LogP) is 2.36. The fourth-order valence-corrected chi connectivity index (χ4v) is 1.50. The van der Waals surface area contributed by atoms with Gasteiger partial charge in [-0.2, -0.15) is 0 Å².